The van der Waals surface area contributed by atoms with Crippen LogP contribution in [0, 0.1) is 0 Å². The van der Waals surface area contributed by atoms with E-state index in [1.807, 2.05) is 24.4 Å². The Morgan fingerprint density at radius 1 is 0.889 bits per heavy atom. The van der Waals surface area contributed by atoms with E-state index in [0.29, 0.717) is 0 Å². The zero-order valence-electron chi connectivity index (χ0n) is 10.2. The third kappa shape index (κ3) is 2.36. The standard InChI is InChI=1S/C15H16N2O/c1-2-4-13(5-3-1)14-6-7-15(16-12-14)17-8-10-18-11-9-17/h1-7,12H,8-11H2. The van der Waals surface area contributed by atoms with Crippen LogP contribution >= 0.6 is 0 Å². The molecule has 0 atom stereocenters. The average molecular weight is 240 g/mol. The smallest absolute Gasteiger partial charge is 0.128 e. The Hall–Kier alpha value is -1.87. The highest BCUT2D eigenvalue weighted by Crippen LogP contribution is 2.20. The van der Waals surface area contributed by atoms with Crippen LogP contribution in [-0.4, -0.2) is 31.3 Å². The molecular formula is C15H16N2O. The van der Waals surface area contributed by atoms with E-state index < -0.39 is 0 Å². The number of anilines is 1. The van der Waals surface area contributed by atoms with E-state index in [2.05, 4.69) is 34.1 Å². The Morgan fingerprint density at radius 2 is 1.67 bits per heavy atom. The van der Waals surface area contributed by atoms with E-state index in [-0.39, 0.29) is 0 Å². The summed E-state index contributed by atoms with van der Waals surface area (Å²) in [6.07, 6.45) is 1.94. The molecule has 0 spiro atoms. The van der Waals surface area contributed by atoms with Crippen LogP contribution in [0.3, 0.4) is 0 Å². The number of hydrogen-bond donors (Lipinski definition) is 0. The fourth-order valence-electron chi connectivity index (χ4n) is 2.17. The van der Waals surface area contributed by atoms with Gasteiger partial charge in [-0.3, -0.25) is 0 Å². The normalized spacial score (nSPS) is 15.7. The van der Waals surface area contributed by atoms with Gasteiger partial charge in [-0.05, 0) is 17.7 Å². The van der Waals surface area contributed by atoms with Gasteiger partial charge in [0.05, 0.1) is 13.2 Å². The number of pyridine rings is 1. The maximum absolute atomic E-state index is 5.34. The van der Waals surface area contributed by atoms with Crippen LogP contribution in [0.2, 0.25) is 0 Å². The second kappa shape index (κ2) is 5.19. The lowest BCUT2D eigenvalue weighted by molar-refractivity contribution is 0.122. The highest BCUT2D eigenvalue weighted by Gasteiger charge is 2.11. The van der Waals surface area contributed by atoms with Crippen LogP contribution in [-0.2, 0) is 4.74 Å². The average Bonchev–Trinajstić information content (AvgIpc) is 2.49. The van der Waals surface area contributed by atoms with Crippen molar-refractivity contribution in [2.45, 2.75) is 0 Å². The highest BCUT2D eigenvalue weighted by molar-refractivity contribution is 5.63. The van der Waals surface area contributed by atoms with Gasteiger partial charge < -0.3 is 9.64 Å². The SMILES string of the molecule is c1ccc(-c2ccc(N3CCOCC3)nc2)cc1. The largest absolute Gasteiger partial charge is 0.378 e. The number of hydrogen-bond acceptors (Lipinski definition) is 3. The molecule has 0 radical (unpaired) electrons. The summed E-state index contributed by atoms with van der Waals surface area (Å²) in [6.45, 7) is 3.44. The number of aromatic nitrogens is 1. The topological polar surface area (TPSA) is 25.4 Å². The fourth-order valence-corrected chi connectivity index (χ4v) is 2.17. The summed E-state index contributed by atoms with van der Waals surface area (Å²) in [5.41, 5.74) is 2.37. The third-order valence-corrected chi connectivity index (χ3v) is 3.19. The van der Waals surface area contributed by atoms with Crippen molar-refractivity contribution in [1.29, 1.82) is 0 Å². The molecule has 2 aromatic rings. The molecule has 0 saturated carbocycles. The summed E-state index contributed by atoms with van der Waals surface area (Å²) < 4.78 is 5.34. The molecule has 1 fully saturated rings. The molecule has 92 valence electrons. The quantitative estimate of drug-likeness (QED) is 0.806. The zero-order valence-corrected chi connectivity index (χ0v) is 10.2. The van der Waals surface area contributed by atoms with Gasteiger partial charge in [-0.15, -0.1) is 0 Å². The van der Waals surface area contributed by atoms with Gasteiger partial charge in [-0.2, -0.15) is 0 Å². The minimum Gasteiger partial charge on any atom is -0.378 e. The van der Waals surface area contributed by atoms with Crippen molar-refractivity contribution < 1.29 is 4.74 Å². The molecule has 3 nitrogen and oxygen atoms in total. The fraction of sp³-hybridized carbons (Fsp3) is 0.267. The number of benzene rings is 1. The predicted molar refractivity (Wildman–Crippen MR) is 72.7 cm³/mol. The van der Waals surface area contributed by atoms with Crippen molar-refractivity contribution in [2.24, 2.45) is 0 Å². The summed E-state index contributed by atoms with van der Waals surface area (Å²) in [7, 11) is 0. The van der Waals surface area contributed by atoms with E-state index in [9.17, 15) is 0 Å². The van der Waals surface area contributed by atoms with Crippen LogP contribution < -0.4 is 4.90 Å². The lowest BCUT2D eigenvalue weighted by Gasteiger charge is -2.27. The molecule has 0 aliphatic carbocycles. The van der Waals surface area contributed by atoms with E-state index in [0.717, 1.165) is 37.7 Å². The van der Waals surface area contributed by atoms with Gasteiger partial charge in [0.15, 0.2) is 0 Å². The van der Waals surface area contributed by atoms with E-state index >= 15 is 0 Å². The first-order chi connectivity index (χ1) is 8.93. The van der Waals surface area contributed by atoms with Crippen molar-refractivity contribution in [2.75, 3.05) is 31.2 Å². The minimum absolute atomic E-state index is 0.794. The van der Waals surface area contributed by atoms with Crippen LogP contribution in [0.5, 0.6) is 0 Å². The van der Waals surface area contributed by atoms with Crippen LogP contribution in [0.15, 0.2) is 48.7 Å². The molecule has 0 N–H and O–H groups in total. The van der Waals surface area contributed by atoms with E-state index in [1.54, 1.807) is 0 Å². The van der Waals surface area contributed by atoms with E-state index in [1.165, 1.54) is 5.56 Å². The van der Waals surface area contributed by atoms with Crippen molar-refractivity contribution >= 4 is 5.82 Å². The Morgan fingerprint density at radius 3 is 2.33 bits per heavy atom. The molecule has 3 rings (SSSR count). The second-order valence-electron chi connectivity index (χ2n) is 4.37. The first-order valence-corrected chi connectivity index (χ1v) is 6.28. The lowest BCUT2D eigenvalue weighted by atomic mass is 10.1. The molecule has 1 aromatic carbocycles. The summed E-state index contributed by atoms with van der Waals surface area (Å²) in [5.74, 6) is 1.04. The lowest BCUT2D eigenvalue weighted by Crippen LogP contribution is -2.36. The van der Waals surface area contributed by atoms with Gasteiger partial charge in [0.2, 0.25) is 0 Å². The van der Waals surface area contributed by atoms with Gasteiger partial charge >= 0.3 is 0 Å². The molecule has 0 bridgehead atoms. The summed E-state index contributed by atoms with van der Waals surface area (Å²) in [5, 5.41) is 0. The van der Waals surface area contributed by atoms with Crippen LogP contribution in [0.1, 0.15) is 0 Å². The monoisotopic (exact) mass is 240 g/mol. The zero-order chi connectivity index (χ0) is 12.2. The minimum atomic E-state index is 0.794. The van der Waals surface area contributed by atoms with Gasteiger partial charge in [0, 0.05) is 24.8 Å². The second-order valence-corrected chi connectivity index (χ2v) is 4.37. The maximum Gasteiger partial charge on any atom is 0.128 e. The molecule has 0 unspecified atom stereocenters. The number of nitrogens with zero attached hydrogens (tertiary/aromatic N) is 2. The number of morpholine rings is 1. The molecular weight excluding hydrogens is 224 g/mol. The van der Waals surface area contributed by atoms with Gasteiger partial charge in [0.25, 0.3) is 0 Å². The Kier molecular flexibility index (Phi) is 3.24. The number of rotatable bonds is 2. The molecule has 2 heterocycles. The Labute approximate surface area is 107 Å². The highest BCUT2D eigenvalue weighted by atomic mass is 16.5. The molecule has 1 saturated heterocycles. The van der Waals surface area contributed by atoms with Crippen molar-refractivity contribution in [3.63, 3.8) is 0 Å². The van der Waals surface area contributed by atoms with Crippen molar-refractivity contribution in [3.8, 4) is 11.1 Å². The van der Waals surface area contributed by atoms with Crippen molar-refractivity contribution in [1.82, 2.24) is 4.98 Å². The molecule has 1 aliphatic heterocycles. The number of ether oxygens (including phenoxy) is 1. The summed E-state index contributed by atoms with van der Waals surface area (Å²) >= 11 is 0. The molecule has 18 heavy (non-hydrogen) atoms. The summed E-state index contributed by atoms with van der Waals surface area (Å²) in [4.78, 5) is 6.81. The predicted octanol–water partition coefficient (Wildman–Crippen LogP) is 2.59. The first-order valence-electron chi connectivity index (χ1n) is 6.28. The molecule has 3 heteroatoms. The first kappa shape index (κ1) is 11.2. The molecule has 1 aliphatic rings. The molecule has 1 aromatic heterocycles. The van der Waals surface area contributed by atoms with Crippen molar-refractivity contribution in [3.05, 3.63) is 48.7 Å². The Bertz CT molecular complexity index is 490. The molecule has 0 amide bonds. The van der Waals surface area contributed by atoms with Gasteiger partial charge in [-0.1, -0.05) is 30.3 Å². The summed E-state index contributed by atoms with van der Waals surface area (Å²) in [6, 6.07) is 14.5. The van der Waals surface area contributed by atoms with Crippen LogP contribution in [0.4, 0.5) is 5.82 Å². The maximum atomic E-state index is 5.34. The van der Waals surface area contributed by atoms with Crippen LogP contribution in [0.25, 0.3) is 11.1 Å². The third-order valence-electron chi connectivity index (χ3n) is 3.19. The Balaban J connectivity index is 1.80. The van der Waals surface area contributed by atoms with Gasteiger partial charge in [-0.25, -0.2) is 4.98 Å². The van der Waals surface area contributed by atoms with E-state index in [4.69, 9.17) is 4.74 Å². The van der Waals surface area contributed by atoms with Gasteiger partial charge in [0.1, 0.15) is 5.82 Å².